The molecular formula is C9H14IN. The van der Waals surface area contributed by atoms with Gasteiger partial charge in [-0.15, -0.1) is 0 Å². The summed E-state index contributed by atoms with van der Waals surface area (Å²) in [5.41, 5.74) is 1.64. The maximum absolute atomic E-state index is 3.00. The Kier molecular flexibility index (Phi) is 4.00. The number of hydrogen-bond acceptors (Lipinski definition) is 0. The number of hydrogen-bond donors (Lipinski definition) is 0. The van der Waals surface area contributed by atoms with Crippen LogP contribution in [-0.4, -0.2) is 0 Å². The van der Waals surface area contributed by atoms with E-state index in [2.05, 4.69) is 37.9 Å². The molecule has 1 N–H and O–H groups in total. The third-order valence-electron chi connectivity index (χ3n) is 1.58. The highest BCUT2D eigenvalue weighted by molar-refractivity contribution is 5.17. The van der Waals surface area contributed by atoms with E-state index in [9.17, 15) is 0 Å². The van der Waals surface area contributed by atoms with E-state index in [4.69, 9.17) is 0 Å². The lowest BCUT2D eigenvalue weighted by Crippen LogP contribution is -3.00. The molecule has 0 saturated carbocycles. The van der Waals surface area contributed by atoms with E-state index in [1.807, 2.05) is 12.4 Å². The molecule has 0 fully saturated rings. The summed E-state index contributed by atoms with van der Waals surface area (Å²) in [6.45, 7) is 6.63. The number of pyridine rings is 1. The lowest BCUT2D eigenvalue weighted by Gasteiger charge is -2.16. The zero-order valence-corrected chi connectivity index (χ0v) is 9.34. The summed E-state index contributed by atoms with van der Waals surface area (Å²) in [6.07, 6.45) is 3.92. The van der Waals surface area contributed by atoms with E-state index in [0.717, 1.165) is 0 Å². The van der Waals surface area contributed by atoms with E-state index in [1.54, 1.807) is 0 Å². The van der Waals surface area contributed by atoms with Crippen LogP contribution in [0.2, 0.25) is 0 Å². The molecule has 0 aromatic carbocycles. The van der Waals surface area contributed by atoms with Gasteiger partial charge in [0.25, 0.3) is 0 Å². The van der Waals surface area contributed by atoms with Crippen LogP contribution in [0.3, 0.4) is 0 Å². The number of rotatable bonds is 0. The molecule has 0 bridgehead atoms. The topological polar surface area (TPSA) is 14.1 Å². The van der Waals surface area contributed by atoms with Crippen LogP contribution < -0.4 is 29.0 Å². The van der Waals surface area contributed by atoms with Crippen LogP contribution in [0.25, 0.3) is 0 Å². The summed E-state index contributed by atoms with van der Waals surface area (Å²) < 4.78 is 0. The zero-order valence-electron chi connectivity index (χ0n) is 7.19. The number of nitrogens with one attached hydrogen (secondary N) is 1. The Morgan fingerprint density at radius 3 is 1.82 bits per heavy atom. The summed E-state index contributed by atoms with van der Waals surface area (Å²) in [5, 5.41) is 0. The number of H-pyrrole nitrogens is 1. The van der Waals surface area contributed by atoms with Crippen molar-refractivity contribution in [3.8, 4) is 0 Å². The van der Waals surface area contributed by atoms with E-state index in [0.29, 0.717) is 0 Å². The summed E-state index contributed by atoms with van der Waals surface area (Å²) in [6, 6.07) is 4.22. The highest BCUT2D eigenvalue weighted by Gasteiger charge is 2.12. The van der Waals surface area contributed by atoms with Crippen LogP contribution in [0.1, 0.15) is 26.3 Å². The van der Waals surface area contributed by atoms with Crippen LogP contribution in [0.5, 0.6) is 0 Å². The van der Waals surface area contributed by atoms with Crippen LogP contribution >= 0.6 is 0 Å². The molecule has 1 heterocycles. The molecule has 1 aromatic rings. The van der Waals surface area contributed by atoms with Crippen molar-refractivity contribution in [3.63, 3.8) is 0 Å². The van der Waals surface area contributed by atoms with Crippen molar-refractivity contribution >= 4 is 0 Å². The molecule has 1 rings (SSSR count). The summed E-state index contributed by atoms with van der Waals surface area (Å²) in [7, 11) is 0. The summed E-state index contributed by atoms with van der Waals surface area (Å²) in [5.74, 6) is 0. The van der Waals surface area contributed by atoms with Gasteiger partial charge in [0.2, 0.25) is 0 Å². The highest BCUT2D eigenvalue weighted by Crippen LogP contribution is 2.19. The molecule has 0 radical (unpaired) electrons. The number of halogens is 1. The van der Waals surface area contributed by atoms with Crippen molar-refractivity contribution < 1.29 is 29.0 Å². The van der Waals surface area contributed by atoms with Gasteiger partial charge in [0.05, 0.1) is 0 Å². The lowest BCUT2D eigenvalue weighted by atomic mass is 9.88. The van der Waals surface area contributed by atoms with Gasteiger partial charge in [-0.2, -0.15) is 0 Å². The SMILES string of the molecule is CC(C)(C)c1cc[nH+]cc1.[I-]. The predicted octanol–water partition coefficient (Wildman–Crippen LogP) is -1.20. The van der Waals surface area contributed by atoms with Crippen molar-refractivity contribution in [2.75, 3.05) is 0 Å². The Bertz CT molecular complexity index is 201. The molecule has 0 atom stereocenters. The van der Waals surface area contributed by atoms with Gasteiger partial charge in [0, 0.05) is 12.1 Å². The maximum Gasteiger partial charge on any atom is 0.167 e. The van der Waals surface area contributed by atoms with Gasteiger partial charge in [-0.05, 0) is 11.0 Å². The molecule has 0 aliphatic heterocycles. The van der Waals surface area contributed by atoms with Crippen LogP contribution in [0.4, 0.5) is 0 Å². The van der Waals surface area contributed by atoms with Gasteiger partial charge < -0.3 is 24.0 Å². The second-order valence-corrected chi connectivity index (χ2v) is 3.54. The molecule has 0 aliphatic carbocycles. The first-order valence-corrected chi connectivity index (χ1v) is 3.57. The minimum absolute atomic E-state index is 0. The average molecular weight is 263 g/mol. The molecule has 1 nitrogen and oxygen atoms in total. The lowest BCUT2D eigenvalue weighted by molar-refractivity contribution is -0.378. The van der Waals surface area contributed by atoms with Gasteiger partial charge in [-0.3, -0.25) is 0 Å². The Morgan fingerprint density at radius 1 is 1.09 bits per heavy atom. The molecule has 1 aromatic heterocycles. The smallest absolute Gasteiger partial charge is 0.167 e. The van der Waals surface area contributed by atoms with Gasteiger partial charge in [-0.25, -0.2) is 4.98 Å². The standard InChI is InChI=1S/C9H13N.HI/c1-9(2,3)8-4-6-10-7-5-8;/h4-7H,1-3H3;1H. The molecule has 0 unspecified atom stereocenters. The van der Waals surface area contributed by atoms with Crippen molar-refractivity contribution in [1.82, 2.24) is 0 Å². The minimum Gasteiger partial charge on any atom is -1.00 e. The second kappa shape index (κ2) is 4.04. The summed E-state index contributed by atoms with van der Waals surface area (Å²) >= 11 is 0. The summed E-state index contributed by atoms with van der Waals surface area (Å²) in [4.78, 5) is 3.00. The van der Waals surface area contributed by atoms with Crippen molar-refractivity contribution in [2.45, 2.75) is 26.2 Å². The van der Waals surface area contributed by atoms with E-state index < -0.39 is 0 Å². The third kappa shape index (κ3) is 3.18. The first-order valence-electron chi connectivity index (χ1n) is 3.57. The molecule has 0 aliphatic rings. The van der Waals surface area contributed by atoms with Crippen LogP contribution in [-0.2, 0) is 5.41 Å². The molecule has 62 valence electrons. The predicted molar refractivity (Wildman–Crippen MR) is 41.7 cm³/mol. The average Bonchev–Trinajstić information content (AvgIpc) is 1.88. The first kappa shape index (κ1) is 10.9. The molecule has 2 heteroatoms. The fourth-order valence-corrected chi connectivity index (χ4v) is 0.887. The first-order chi connectivity index (χ1) is 4.61. The Hall–Kier alpha value is -0.120. The third-order valence-corrected chi connectivity index (χ3v) is 1.58. The van der Waals surface area contributed by atoms with E-state index in [1.165, 1.54) is 5.56 Å². The van der Waals surface area contributed by atoms with Gasteiger partial charge in [0.15, 0.2) is 12.4 Å². The Labute approximate surface area is 85.3 Å². The van der Waals surface area contributed by atoms with Gasteiger partial charge in [0.1, 0.15) is 0 Å². The van der Waals surface area contributed by atoms with E-state index >= 15 is 0 Å². The van der Waals surface area contributed by atoms with Crippen molar-refractivity contribution in [1.29, 1.82) is 0 Å². The second-order valence-electron chi connectivity index (χ2n) is 3.54. The van der Waals surface area contributed by atoms with Gasteiger partial charge in [-0.1, -0.05) is 20.8 Å². The molecule has 0 saturated heterocycles. The molecule has 0 spiro atoms. The normalized spacial score (nSPS) is 10.5. The van der Waals surface area contributed by atoms with Crippen molar-refractivity contribution in [2.24, 2.45) is 0 Å². The zero-order chi connectivity index (χ0) is 7.61. The van der Waals surface area contributed by atoms with Crippen LogP contribution in [0.15, 0.2) is 24.5 Å². The van der Waals surface area contributed by atoms with E-state index in [-0.39, 0.29) is 29.4 Å². The molecule has 0 amide bonds. The number of aromatic nitrogens is 1. The molecular weight excluding hydrogens is 249 g/mol. The molecule has 11 heavy (non-hydrogen) atoms. The van der Waals surface area contributed by atoms with Crippen molar-refractivity contribution in [3.05, 3.63) is 30.1 Å². The minimum atomic E-state index is 0. The van der Waals surface area contributed by atoms with Crippen LogP contribution in [0, 0.1) is 0 Å². The van der Waals surface area contributed by atoms with Gasteiger partial charge >= 0.3 is 0 Å². The number of aromatic amines is 1. The highest BCUT2D eigenvalue weighted by atomic mass is 127. The monoisotopic (exact) mass is 263 g/mol. The fraction of sp³-hybridized carbons (Fsp3) is 0.444. The Morgan fingerprint density at radius 2 is 1.55 bits per heavy atom. The maximum atomic E-state index is 3.00. The fourth-order valence-electron chi connectivity index (χ4n) is 0.887. The largest absolute Gasteiger partial charge is 1.00 e. The Balaban J connectivity index is 0.000001000. The quantitative estimate of drug-likeness (QED) is 0.522.